The number of nitrogens with zero attached hydrogens (tertiary/aromatic N) is 2. The summed E-state index contributed by atoms with van der Waals surface area (Å²) in [5.74, 6) is 2.33. The molecule has 24 heavy (non-hydrogen) atoms. The molecule has 4 rings (SSSR count). The van der Waals surface area contributed by atoms with Gasteiger partial charge in [-0.15, -0.1) is 0 Å². The van der Waals surface area contributed by atoms with E-state index in [1.807, 2.05) is 0 Å². The summed E-state index contributed by atoms with van der Waals surface area (Å²) in [6, 6.07) is 0. The molecule has 2 fully saturated rings. The highest BCUT2D eigenvalue weighted by Gasteiger charge is 2.50. The lowest BCUT2D eigenvalue weighted by Gasteiger charge is -2.56. The van der Waals surface area contributed by atoms with Crippen LogP contribution in [0.2, 0.25) is 0 Å². The average Bonchev–Trinajstić information content (AvgIpc) is 2.93. The Balaban J connectivity index is 1.34. The largest absolute Gasteiger partial charge is 0.389 e. The fourth-order valence-corrected chi connectivity index (χ4v) is 5.05. The predicted molar refractivity (Wildman–Crippen MR) is 98.0 cm³/mol. The number of allylic oxidation sites excluding steroid dienone is 1. The van der Waals surface area contributed by atoms with Crippen molar-refractivity contribution in [1.82, 2.24) is 9.80 Å². The van der Waals surface area contributed by atoms with Crippen molar-refractivity contribution >= 4 is 0 Å². The van der Waals surface area contributed by atoms with Crippen molar-refractivity contribution in [2.24, 2.45) is 23.2 Å². The van der Waals surface area contributed by atoms with Crippen molar-refractivity contribution in [1.29, 1.82) is 0 Å². The van der Waals surface area contributed by atoms with Gasteiger partial charge in [0.05, 0.1) is 19.3 Å². The summed E-state index contributed by atoms with van der Waals surface area (Å²) in [4.78, 5) is 4.65. The third-order valence-electron chi connectivity index (χ3n) is 6.62. The summed E-state index contributed by atoms with van der Waals surface area (Å²) in [7, 11) is 4.27. The summed E-state index contributed by atoms with van der Waals surface area (Å²) in [5, 5.41) is 10.3. The molecule has 0 unspecified atom stereocenters. The Labute approximate surface area is 147 Å². The first kappa shape index (κ1) is 18.4. The predicted octanol–water partition coefficient (Wildman–Crippen LogP) is 2.24. The number of hydrogen-bond acceptors (Lipinski definition) is 4. The summed E-state index contributed by atoms with van der Waals surface area (Å²) >= 11 is 0. The van der Waals surface area contributed by atoms with Crippen molar-refractivity contribution in [2.75, 3.05) is 53.5 Å². The number of rotatable bonds is 8. The van der Waals surface area contributed by atoms with Gasteiger partial charge in [-0.2, -0.15) is 0 Å². The molecule has 0 radical (unpaired) electrons. The van der Waals surface area contributed by atoms with Crippen LogP contribution in [0.3, 0.4) is 0 Å². The van der Waals surface area contributed by atoms with Crippen LogP contribution in [0.15, 0.2) is 11.6 Å². The molecule has 1 aliphatic heterocycles. The molecule has 0 aromatic carbocycles. The van der Waals surface area contributed by atoms with Gasteiger partial charge in [-0.25, -0.2) is 0 Å². The van der Waals surface area contributed by atoms with Crippen molar-refractivity contribution in [3.8, 4) is 0 Å². The minimum atomic E-state index is -0.366. The zero-order chi connectivity index (χ0) is 17.3. The fraction of sp³-hybridized carbons (Fsp3) is 0.900. The SMILES string of the molecule is CN(C)C[C@@H]1CCN(C[C@@H](O)COCC2=CC[C@H]3C[C@H]2C3(C)C)C1. The Bertz CT molecular complexity index is 461. The van der Waals surface area contributed by atoms with Gasteiger partial charge in [0.2, 0.25) is 0 Å². The van der Waals surface area contributed by atoms with Gasteiger partial charge in [0.15, 0.2) is 0 Å². The molecule has 0 aromatic heterocycles. The van der Waals surface area contributed by atoms with Crippen molar-refractivity contribution in [3.05, 3.63) is 11.6 Å². The molecule has 4 nitrogen and oxygen atoms in total. The van der Waals surface area contributed by atoms with Crippen LogP contribution >= 0.6 is 0 Å². The second kappa shape index (κ2) is 7.45. The highest BCUT2D eigenvalue weighted by atomic mass is 16.5. The van der Waals surface area contributed by atoms with Crippen LogP contribution in [0.4, 0.5) is 0 Å². The summed E-state index contributed by atoms with van der Waals surface area (Å²) in [6.07, 6.45) is 5.83. The maximum absolute atomic E-state index is 10.3. The molecule has 0 amide bonds. The quantitative estimate of drug-likeness (QED) is 0.690. The minimum absolute atomic E-state index is 0.366. The van der Waals surface area contributed by atoms with E-state index >= 15 is 0 Å². The van der Waals surface area contributed by atoms with Crippen molar-refractivity contribution < 1.29 is 9.84 Å². The van der Waals surface area contributed by atoms with E-state index in [-0.39, 0.29) is 6.10 Å². The molecule has 2 bridgehead atoms. The number of hydrogen-bond donors (Lipinski definition) is 1. The third kappa shape index (κ3) is 4.04. The molecule has 1 saturated carbocycles. The molecule has 1 saturated heterocycles. The summed E-state index contributed by atoms with van der Waals surface area (Å²) in [6.45, 7) is 10.1. The highest BCUT2D eigenvalue weighted by Crippen LogP contribution is 2.59. The Morgan fingerprint density at radius 2 is 2.21 bits per heavy atom. The van der Waals surface area contributed by atoms with E-state index in [2.05, 4.69) is 43.8 Å². The molecule has 3 aliphatic carbocycles. The average molecular weight is 337 g/mol. The fourth-order valence-electron chi connectivity index (χ4n) is 5.05. The first-order chi connectivity index (χ1) is 11.4. The first-order valence-electron chi connectivity index (χ1n) is 9.68. The van der Waals surface area contributed by atoms with Gasteiger partial charge in [-0.1, -0.05) is 19.9 Å². The van der Waals surface area contributed by atoms with Gasteiger partial charge in [0.1, 0.15) is 0 Å². The maximum atomic E-state index is 10.3. The first-order valence-corrected chi connectivity index (χ1v) is 9.68. The molecule has 138 valence electrons. The zero-order valence-electron chi connectivity index (χ0n) is 16.0. The number of ether oxygens (including phenoxy) is 1. The molecule has 4 aliphatic rings. The second-order valence-electron chi connectivity index (χ2n) is 9.17. The van der Waals surface area contributed by atoms with E-state index < -0.39 is 0 Å². The van der Waals surface area contributed by atoms with Crippen molar-refractivity contribution in [2.45, 2.75) is 39.2 Å². The van der Waals surface area contributed by atoms with E-state index in [0.29, 0.717) is 24.5 Å². The van der Waals surface area contributed by atoms with E-state index in [0.717, 1.165) is 38.0 Å². The molecule has 1 N–H and O–H groups in total. The highest BCUT2D eigenvalue weighted by molar-refractivity contribution is 5.23. The van der Waals surface area contributed by atoms with Gasteiger partial charge in [-0.05, 0) is 68.6 Å². The normalized spacial score (nSPS) is 33.4. The molecular formula is C20H36N2O2. The van der Waals surface area contributed by atoms with Crippen LogP contribution in [0.5, 0.6) is 0 Å². The van der Waals surface area contributed by atoms with E-state index in [1.165, 1.54) is 24.8 Å². The van der Waals surface area contributed by atoms with E-state index in [1.54, 1.807) is 0 Å². The van der Waals surface area contributed by atoms with Crippen LogP contribution in [0.25, 0.3) is 0 Å². The van der Waals surface area contributed by atoms with E-state index in [4.69, 9.17) is 4.74 Å². The number of likely N-dealkylation sites (tertiary alicyclic amines) is 1. The molecule has 0 aromatic rings. The second-order valence-corrected chi connectivity index (χ2v) is 9.17. The third-order valence-corrected chi connectivity index (χ3v) is 6.62. The van der Waals surface area contributed by atoms with Crippen LogP contribution in [-0.4, -0.2) is 74.5 Å². The lowest BCUT2D eigenvalue weighted by Crippen LogP contribution is -2.48. The molecule has 4 heteroatoms. The van der Waals surface area contributed by atoms with Gasteiger partial charge in [0, 0.05) is 19.6 Å². The van der Waals surface area contributed by atoms with Crippen LogP contribution in [-0.2, 0) is 4.74 Å². The number of aliphatic hydroxyl groups excluding tert-OH is 1. The Morgan fingerprint density at radius 3 is 2.88 bits per heavy atom. The molecule has 0 spiro atoms. The number of β-amino-alcohol motifs (C(OH)–C–C–N with tert-alkyl or cyclic N) is 1. The van der Waals surface area contributed by atoms with Gasteiger partial charge in [0.25, 0.3) is 0 Å². The van der Waals surface area contributed by atoms with Crippen LogP contribution in [0.1, 0.15) is 33.1 Å². The van der Waals surface area contributed by atoms with Crippen molar-refractivity contribution in [3.63, 3.8) is 0 Å². The summed E-state index contributed by atoms with van der Waals surface area (Å²) in [5.41, 5.74) is 1.94. The smallest absolute Gasteiger partial charge is 0.0900 e. The Morgan fingerprint density at radius 1 is 1.42 bits per heavy atom. The standard InChI is InChI=1S/C20H36N2O2/c1-20(2)17-6-5-16(19(20)9-17)13-24-14-18(23)12-22-8-7-15(11-22)10-21(3)4/h5,15,17-19,23H,6-14H2,1-4H3/t15-,17-,18+,19+/m0/s1. The molecular weight excluding hydrogens is 300 g/mol. The van der Waals surface area contributed by atoms with Gasteiger partial charge in [-0.3, -0.25) is 0 Å². The van der Waals surface area contributed by atoms with Crippen LogP contribution in [0, 0.1) is 23.2 Å². The Hall–Kier alpha value is -0.420. The maximum Gasteiger partial charge on any atom is 0.0900 e. The van der Waals surface area contributed by atoms with Gasteiger partial charge >= 0.3 is 0 Å². The zero-order valence-corrected chi connectivity index (χ0v) is 16.0. The monoisotopic (exact) mass is 336 g/mol. The topological polar surface area (TPSA) is 35.9 Å². The van der Waals surface area contributed by atoms with Crippen LogP contribution < -0.4 is 0 Å². The Kier molecular flexibility index (Phi) is 5.70. The summed E-state index contributed by atoms with van der Waals surface area (Å²) < 4.78 is 5.87. The molecule has 1 heterocycles. The number of aliphatic hydroxyl groups is 1. The number of fused-ring (bicyclic) bond motifs is 1. The lowest BCUT2D eigenvalue weighted by atomic mass is 9.49. The van der Waals surface area contributed by atoms with Gasteiger partial charge < -0.3 is 19.6 Å². The van der Waals surface area contributed by atoms with E-state index in [9.17, 15) is 5.11 Å². The lowest BCUT2D eigenvalue weighted by molar-refractivity contribution is -0.0257. The molecule has 4 atom stereocenters. The minimum Gasteiger partial charge on any atom is -0.389 e.